The highest BCUT2D eigenvalue weighted by Crippen LogP contribution is 2.37. The Morgan fingerprint density at radius 1 is 1.43 bits per heavy atom. The van der Waals surface area contributed by atoms with Crippen LogP contribution in [0.2, 0.25) is 0 Å². The molecule has 1 aliphatic heterocycles. The fourth-order valence-electron chi connectivity index (χ4n) is 2.25. The number of thioether (sulfide) groups is 1. The third-order valence-corrected chi connectivity index (χ3v) is 4.84. The zero-order chi connectivity index (χ0) is 10.0. The third-order valence-electron chi connectivity index (χ3n) is 3.86. The molecule has 0 amide bonds. The molecule has 0 spiro atoms. The maximum Gasteiger partial charge on any atom is 0.0319 e. The molecule has 0 bridgehead atoms. The molecule has 0 radical (unpaired) electrons. The molecule has 0 aromatic carbocycles. The van der Waals surface area contributed by atoms with Crippen LogP contribution in [0.25, 0.3) is 0 Å². The van der Waals surface area contributed by atoms with Crippen LogP contribution in [0, 0.1) is 11.8 Å². The van der Waals surface area contributed by atoms with Crippen molar-refractivity contribution >= 4 is 11.8 Å². The summed E-state index contributed by atoms with van der Waals surface area (Å²) >= 11 is 2.07. The summed E-state index contributed by atoms with van der Waals surface area (Å²) in [4.78, 5) is 0. The minimum Gasteiger partial charge on any atom is -0.329 e. The van der Waals surface area contributed by atoms with Crippen molar-refractivity contribution < 1.29 is 0 Å². The van der Waals surface area contributed by atoms with Gasteiger partial charge in [0.1, 0.15) is 0 Å². The average molecular weight is 214 g/mol. The fraction of sp³-hybridized carbons (Fsp3) is 1.00. The van der Waals surface area contributed by atoms with Crippen molar-refractivity contribution in [2.75, 3.05) is 24.6 Å². The van der Waals surface area contributed by atoms with Gasteiger partial charge in [-0.15, -0.1) is 0 Å². The Morgan fingerprint density at radius 2 is 2.07 bits per heavy atom. The van der Waals surface area contributed by atoms with E-state index >= 15 is 0 Å². The highest BCUT2D eigenvalue weighted by molar-refractivity contribution is 7.99. The molecule has 2 atom stereocenters. The molecule has 1 saturated carbocycles. The maximum atomic E-state index is 5.91. The summed E-state index contributed by atoms with van der Waals surface area (Å²) in [7, 11) is 0. The van der Waals surface area contributed by atoms with Crippen molar-refractivity contribution in [3.63, 3.8) is 0 Å². The fourth-order valence-corrected chi connectivity index (χ4v) is 3.52. The summed E-state index contributed by atoms with van der Waals surface area (Å²) in [6.45, 7) is 4.36. The zero-order valence-electron chi connectivity index (χ0n) is 9.09. The van der Waals surface area contributed by atoms with Gasteiger partial charge in [0.15, 0.2) is 0 Å². The van der Waals surface area contributed by atoms with Crippen molar-refractivity contribution in [1.82, 2.24) is 5.32 Å². The molecule has 1 heterocycles. The van der Waals surface area contributed by atoms with Crippen molar-refractivity contribution in [2.24, 2.45) is 17.6 Å². The minimum atomic E-state index is 0.285. The van der Waals surface area contributed by atoms with Crippen molar-refractivity contribution in [2.45, 2.75) is 31.7 Å². The second kappa shape index (κ2) is 4.42. The van der Waals surface area contributed by atoms with E-state index in [0.717, 1.165) is 18.4 Å². The predicted octanol–water partition coefficient (Wildman–Crippen LogP) is 1.46. The first-order chi connectivity index (χ1) is 6.76. The van der Waals surface area contributed by atoms with Gasteiger partial charge in [0.25, 0.3) is 0 Å². The Balaban J connectivity index is 1.78. The quantitative estimate of drug-likeness (QED) is 0.744. The van der Waals surface area contributed by atoms with Crippen molar-refractivity contribution in [3.05, 3.63) is 0 Å². The van der Waals surface area contributed by atoms with Crippen LogP contribution in [0.3, 0.4) is 0 Å². The normalized spacial score (nSPS) is 35.6. The van der Waals surface area contributed by atoms with Crippen LogP contribution in [0.4, 0.5) is 0 Å². The van der Waals surface area contributed by atoms with Gasteiger partial charge in [-0.05, 0) is 49.1 Å². The molecule has 2 nitrogen and oxygen atoms in total. The van der Waals surface area contributed by atoms with E-state index in [4.69, 9.17) is 5.73 Å². The molecule has 3 heteroatoms. The van der Waals surface area contributed by atoms with E-state index in [2.05, 4.69) is 24.0 Å². The molecule has 1 saturated heterocycles. The first kappa shape index (κ1) is 10.8. The van der Waals surface area contributed by atoms with E-state index in [1.807, 2.05) is 0 Å². The largest absolute Gasteiger partial charge is 0.329 e. The number of rotatable bonds is 4. The average Bonchev–Trinajstić information content (AvgIpc) is 2.93. The molecular weight excluding hydrogens is 192 g/mol. The summed E-state index contributed by atoms with van der Waals surface area (Å²) in [5.74, 6) is 4.46. The molecule has 1 aliphatic carbocycles. The van der Waals surface area contributed by atoms with E-state index in [0.29, 0.717) is 0 Å². The third kappa shape index (κ3) is 2.44. The van der Waals surface area contributed by atoms with Crippen LogP contribution in [-0.2, 0) is 0 Å². The first-order valence-corrected chi connectivity index (χ1v) is 6.94. The highest BCUT2D eigenvalue weighted by Gasteiger charge is 2.36. The summed E-state index contributed by atoms with van der Waals surface area (Å²) in [6.07, 6.45) is 3.94. The van der Waals surface area contributed by atoms with Gasteiger partial charge in [-0.3, -0.25) is 0 Å². The molecule has 82 valence electrons. The summed E-state index contributed by atoms with van der Waals surface area (Å²) in [6, 6.07) is 0. The second-order valence-corrected chi connectivity index (χ2v) is 6.18. The molecule has 3 N–H and O–H groups in total. The Labute approximate surface area is 91.4 Å². The van der Waals surface area contributed by atoms with Crippen LogP contribution in [0.1, 0.15) is 26.2 Å². The monoisotopic (exact) mass is 214 g/mol. The summed E-state index contributed by atoms with van der Waals surface area (Å²) in [5.41, 5.74) is 6.19. The molecule has 2 rings (SSSR count). The van der Waals surface area contributed by atoms with E-state index < -0.39 is 0 Å². The van der Waals surface area contributed by atoms with Gasteiger partial charge in [-0.1, -0.05) is 6.92 Å². The standard InChI is InChI=1S/C11H22N2S/c1-9-6-10(9)7-13-11(8-12)2-4-14-5-3-11/h9-10,13H,2-8,12H2,1H3. The summed E-state index contributed by atoms with van der Waals surface area (Å²) in [5, 5.41) is 3.74. The number of nitrogens with one attached hydrogen (secondary N) is 1. The SMILES string of the molecule is CC1CC1CNC1(CN)CCSCC1. The lowest BCUT2D eigenvalue weighted by atomic mass is 9.92. The van der Waals surface area contributed by atoms with Gasteiger partial charge in [0, 0.05) is 12.1 Å². The van der Waals surface area contributed by atoms with Gasteiger partial charge < -0.3 is 11.1 Å². The lowest BCUT2D eigenvalue weighted by Crippen LogP contribution is -2.54. The topological polar surface area (TPSA) is 38.0 Å². The molecule has 0 aromatic heterocycles. The van der Waals surface area contributed by atoms with Crippen LogP contribution in [-0.4, -0.2) is 30.1 Å². The number of nitrogens with two attached hydrogens (primary N) is 1. The van der Waals surface area contributed by atoms with Crippen LogP contribution in [0.15, 0.2) is 0 Å². The summed E-state index contributed by atoms with van der Waals surface area (Å²) < 4.78 is 0. The molecule has 2 fully saturated rings. The lowest BCUT2D eigenvalue weighted by molar-refractivity contribution is 0.302. The molecule has 0 aromatic rings. The molecule has 2 aliphatic rings. The zero-order valence-corrected chi connectivity index (χ0v) is 9.91. The van der Waals surface area contributed by atoms with E-state index in [9.17, 15) is 0 Å². The van der Waals surface area contributed by atoms with Gasteiger partial charge in [0.05, 0.1) is 0 Å². The van der Waals surface area contributed by atoms with Gasteiger partial charge in [0.2, 0.25) is 0 Å². The Kier molecular flexibility index (Phi) is 3.40. The Morgan fingerprint density at radius 3 is 2.57 bits per heavy atom. The van der Waals surface area contributed by atoms with Crippen LogP contribution < -0.4 is 11.1 Å². The van der Waals surface area contributed by atoms with Gasteiger partial charge in [-0.25, -0.2) is 0 Å². The lowest BCUT2D eigenvalue weighted by Gasteiger charge is -2.37. The Bertz CT molecular complexity index is 190. The maximum absolute atomic E-state index is 5.91. The van der Waals surface area contributed by atoms with Crippen LogP contribution >= 0.6 is 11.8 Å². The number of hydrogen-bond acceptors (Lipinski definition) is 3. The van der Waals surface area contributed by atoms with Crippen molar-refractivity contribution in [1.29, 1.82) is 0 Å². The molecular formula is C11H22N2S. The van der Waals surface area contributed by atoms with Crippen molar-refractivity contribution in [3.8, 4) is 0 Å². The predicted molar refractivity (Wildman–Crippen MR) is 63.6 cm³/mol. The smallest absolute Gasteiger partial charge is 0.0319 e. The number of hydrogen-bond donors (Lipinski definition) is 2. The van der Waals surface area contributed by atoms with Crippen LogP contribution in [0.5, 0.6) is 0 Å². The first-order valence-electron chi connectivity index (χ1n) is 5.79. The molecule has 14 heavy (non-hydrogen) atoms. The highest BCUT2D eigenvalue weighted by atomic mass is 32.2. The second-order valence-electron chi connectivity index (χ2n) is 4.95. The Hall–Kier alpha value is 0.270. The van der Waals surface area contributed by atoms with E-state index in [-0.39, 0.29) is 5.54 Å². The van der Waals surface area contributed by atoms with Gasteiger partial charge in [-0.2, -0.15) is 11.8 Å². The van der Waals surface area contributed by atoms with Gasteiger partial charge >= 0.3 is 0 Å². The van der Waals surface area contributed by atoms with E-state index in [1.165, 1.54) is 37.3 Å². The van der Waals surface area contributed by atoms with E-state index in [1.54, 1.807) is 0 Å². The minimum absolute atomic E-state index is 0.285. The molecule has 2 unspecified atom stereocenters.